The molecule has 1 aromatic rings. The quantitative estimate of drug-likeness (QED) is 0.862. The van der Waals surface area contributed by atoms with Crippen molar-refractivity contribution in [1.82, 2.24) is 19.8 Å². The highest BCUT2D eigenvalue weighted by molar-refractivity contribution is 5.76. The third kappa shape index (κ3) is 3.57. The predicted molar refractivity (Wildman–Crippen MR) is 70.1 cm³/mol. The summed E-state index contributed by atoms with van der Waals surface area (Å²) >= 11 is 0. The summed E-state index contributed by atoms with van der Waals surface area (Å²) in [4.78, 5) is 18.1. The van der Waals surface area contributed by atoms with E-state index < -0.39 is 0 Å². The maximum atomic E-state index is 12.1. The van der Waals surface area contributed by atoms with Crippen LogP contribution in [0.25, 0.3) is 0 Å². The number of nitrogens with one attached hydrogen (secondary N) is 1. The molecule has 1 aromatic heterocycles. The molecule has 1 N–H and O–H groups in total. The maximum Gasteiger partial charge on any atom is 0.222 e. The largest absolute Gasteiger partial charge is 0.340 e. The molecule has 2 atom stereocenters. The van der Waals surface area contributed by atoms with E-state index in [1.807, 2.05) is 15.7 Å². The summed E-state index contributed by atoms with van der Waals surface area (Å²) in [7, 11) is 0. The fraction of sp³-hybridized carbons (Fsp3) is 0.692. The molecule has 1 aliphatic rings. The van der Waals surface area contributed by atoms with E-state index in [-0.39, 0.29) is 5.91 Å². The number of imidazole rings is 1. The molecular weight excluding hydrogens is 228 g/mol. The van der Waals surface area contributed by atoms with E-state index in [2.05, 4.69) is 24.1 Å². The molecule has 5 nitrogen and oxygen atoms in total. The average Bonchev–Trinajstić information content (AvgIpc) is 2.80. The molecule has 0 radical (unpaired) electrons. The van der Waals surface area contributed by atoms with E-state index in [0.717, 1.165) is 26.1 Å². The van der Waals surface area contributed by atoms with Gasteiger partial charge in [-0.1, -0.05) is 0 Å². The topological polar surface area (TPSA) is 50.2 Å². The summed E-state index contributed by atoms with van der Waals surface area (Å²) in [6.45, 7) is 6.77. The number of aromatic nitrogens is 2. The van der Waals surface area contributed by atoms with Gasteiger partial charge in [-0.15, -0.1) is 0 Å². The van der Waals surface area contributed by atoms with Crippen LogP contribution < -0.4 is 5.32 Å². The number of hydrogen-bond acceptors (Lipinski definition) is 3. The van der Waals surface area contributed by atoms with Crippen LogP contribution in [0, 0.1) is 0 Å². The Balaban J connectivity index is 1.74. The summed E-state index contributed by atoms with van der Waals surface area (Å²) < 4.78 is 2.01. The second-order valence-electron chi connectivity index (χ2n) is 5.17. The van der Waals surface area contributed by atoms with Gasteiger partial charge in [-0.3, -0.25) is 4.79 Å². The molecule has 18 heavy (non-hydrogen) atoms. The molecule has 0 bridgehead atoms. The molecule has 1 aliphatic heterocycles. The van der Waals surface area contributed by atoms with E-state index >= 15 is 0 Å². The van der Waals surface area contributed by atoms with E-state index in [1.165, 1.54) is 0 Å². The maximum absolute atomic E-state index is 12.1. The van der Waals surface area contributed by atoms with Gasteiger partial charge in [0.05, 0.1) is 6.33 Å². The number of piperazine rings is 1. The van der Waals surface area contributed by atoms with Crippen LogP contribution in [0.3, 0.4) is 0 Å². The van der Waals surface area contributed by atoms with Crippen LogP contribution in [0.5, 0.6) is 0 Å². The molecule has 5 heteroatoms. The lowest BCUT2D eigenvalue weighted by molar-refractivity contribution is -0.133. The molecule has 0 aromatic carbocycles. The third-order valence-electron chi connectivity index (χ3n) is 3.28. The van der Waals surface area contributed by atoms with Gasteiger partial charge in [-0.2, -0.15) is 0 Å². The number of amides is 1. The van der Waals surface area contributed by atoms with Gasteiger partial charge in [0.1, 0.15) is 0 Å². The predicted octanol–water partition coefficient (Wildman–Crippen LogP) is 0.872. The van der Waals surface area contributed by atoms with E-state index in [9.17, 15) is 4.79 Å². The Kier molecular flexibility index (Phi) is 4.36. The highest BCUT2D eigenvalue weighted by Gasteiger charge is 2.23. The highest BCUT2D eigenvalue weighted by atomic mass is 16.2. The Hall–Kier alpha value is -1.36. The van der Waals surface area contributed by atoms with E-state index in [0.29, 0.717) is 18.5 Å². The lowest BCUT2D eigenvalue weighted by Gasteiger charge is -2.36. The highest BCUT2D eigenvalue weighted by Crippen LogP contribution is 2.07. The first kappa shape index (κ1) is 13.1. The number of carbonyl (C=O) groups excluding carboxylic acids is 1. The van der Waals surface area contributed by atoms with Crippen LogP contribution in [-0.2, 0) is 11.3 Å². The van der Waals surface area contributed by atoms with E-state index in [1.54, 1.807) is 12.5 Å². The number of aryl methyl sites for hydroxylation is 1. The smallest absolute Gasteiger partial charge is 0.222 e. The zero-order chi connectivity index (χ0) is 13.0. The van der Waals surface area contributed by atoms with Gasteiger partial charge in [0.25, 0.3) is 0 Å². The molecular formula is C13H22N4O. The second-order valence-corrected chi connectivity index (χ2v) is 5.17. The third-order valence-corrected chi connectivity index (χ3v) is 3.28. The molecule has 0 saturated carbocycles. The number of rotatable bonds is 4. The van der Waals surface area contributed by atoms with Crippen LogP contribution in [-0.4, -0.2) is 45.5 Å². The van der Waals surface area contributed by atoms with Gasteiger partial charge in [-0.05, 0) is 20.3 Å². The Morgan fingerprint density at radius 1 is 1.39 bits per heavy atom. The van der Waals surface area contributed by atoms with Crippen LogP contribution in [0.15, 0.2) is 18.7 Å². The summed E-state index contributed by atoms with van der Waals surface area (Å²) in [5.41, 5.74) is 0. The minimum Gasteiger partial charge on any atom is -0.340 e. The molecule has 1 amide bonds. The number of hydrogen-bond donors (Lipinski definition) is 1. The van der Waals surface area contributed by atoms with Crippen LogP contribution in [0.2, 0.25) is 0 Å². The van der Waals surface area contributed by atoms with Gasteiger partial charge in [0.2, 0.25) is 5.91 Å². The minimum absolute atomic E-state index is 0.273. The van der Waals surface area contributed by atoms with Crippen molar-refractivity contribution < 1.29 is 4.79 Å². The van der Waals surface area contributed by atoms with E-state index in [4.69, 9.17) is 0 Å². The fourth-order valence-electron chi connectivity index (χ4n) is 2.52. The summed E-state index contributed by atoms with van der Waals surface area (Å²) in [5, 5.41) is 3.44. The average molecular weight is 250 g/mol. The fourth-order valence-corrected chi connectivity index (χ4v) is 2.52. The van der Waals surface area contributed by atoms with Crippen molar-refractivity contribution >= 4 is 5.91 Å². The van der Waals surface area contributed by atoms with Gasteiger partial charge in [0, 0.05) is 50.5 Å². The van der Waals surface area contributed by atoms with Crippen molar-refractivity contribution in [3.63, 3.8) is 0 Å². The van der Waals surface area contributed by atoms with Gasteiger partial charge in [0.15, 0.2) is 0 Å². The second kappa shape index (κ2) is 6.00. The lowest BCUT2D eigenvalue weighted by atomic mass is 10.1. The molecule has 0 spiro atoms. The molecule has 1 saturated heterocycles. The number of carbonyl (C=O) groups is 1. The zero-order valence-electron chi connectivity index (χ0n) is 11.2. The lowest BCUT2D eigenvalue weighted by Crippen LogP contribution is -2.55. The van der Waals surface area contributed by atoms with Crippen molar-refractivity contribution in [1.29, 1.82) is 0 Å². The first-order valence-electron chi connectivity index (χ1n) is 6.64. The van der Waals surface area contributed by atoms with Crippen molar-refractivity contribution in [2.45, 2.75) is 45.3 Å². The minimum atomic E-state index is 0.273. The molecule has 2 rings (SSSR count). The normalized spacial score (nSPS) is 24.2. The Morgan fingerprint density at radius 2 is 2.11 bits per heavy atom. The monoisotopic (exact) mass is 250 g/mol. The first-order valence-corrected chi connectivity index (χ1v) is 6.64. The SMILES string of the molecule is C[C@H]1CN(C(=O)CCCn2ccnc2)C[C@H](C)N1. The van der Waals surface area contributed by atoms with Crippen molar-refractivity contribution in [3.8, 4) is 0 Å². The zero-order valence-corrected chi connectivity index (χ0v) is 11.2. The summed E-state index contributed by atoms with van der Waals surface area (Å²) in [6, 6.07) is 0.790. The van der Waals surface area contributed by atoms with Crippen molar-refractivity contribution in [2.75, 3.05) is 13.1 Å². The van der Waals surface area contributed by atoms with Crippen LogP contribution in [0.4, 0.5) is 0 Å². The van der Waals surface area contributed by atoms with Crippen LogP contribution in [0.1, 0.15) is 26.7 Å². The van der Waals surface area contributed by atoms with Crippen molar-refractivity contribution in [3.05, 3.63) is 18.7 Å². The van der Waals surface area contributed by atoms with Gasteiger partial charge < -0.3 is 14.8 Å². The molecule has 1 fully saturated rings. The standard InChI is InChI=1S/C13H22N4O/c1-11-8-17(9-12(2)15-11)13(18)4-3-6-16-7-5-14-10-16/h5,7,10-12,15H,3-4,6,8-9H2,1-2H3/t11-,12-/m0/s1. The Morgan fingerprint density at radius 3 is 2.72 bits per heavy atom. The first-order chi connectivity index (χ1) is 8.65. The van der Waals surface area contributed by atoms with Crippen LogP contribution >= 0.6 is 0 Å². The van der Waals surface area contributed by atoms with Gasteiger partial charge >= 0.3 is 0 Å². The van der Waals surface area contributed by atoms with Gasteiger partial charge in [-0.25, -0.2) is 4.98 Å². The molecule has 2 heterocycles. The number of nitrogens with zero attached hydrogens (tertiary/aromatic N) is 3. The molecule has 0 aliphatic carbocycles. The summed E-state index contributed by atoms with van der Waals surface area (Å²) in [5.74, 6) is 0.273. The Labute approximate surface area is 108 Å². The molecule has 100 valence electrons. The van der Waals surface area contributed by atoms with Crippen molar-refractivity contribution in [2.24, 2.45) is 0 Å². The Bertz CT molecular complexity index is 366. The molecule has 0 unspecified atom stereocenters. The summed E-state index contributed by atoms with van der Waals surface area (Å²) in [6.07, 6.45) is 6.99.